The van der Waals surface area contributed by atoms with Gasteiger partial charge in [0, 0.05) is 4.88 Å². The van der Waals surface area contributed by atoms with Crippen LogP contribution in [-0.4, -0.2) is 9.97 Å². The highest BCUT2D eigenvalue weighted by Gasteiger charge is 2.14. The lowest BCUT2D eigenvalue weighted by Gasteiger charge is -2.12. The number of rotatable bonds is 4. The topological polar surface area (TPSA) is 28.7 Å². The van der Waals surface area contributed by atoms with E-state index in [0.29, 0.717) is 11.8 Å². The average molecular weight is 296 g/mol. The molecule has 2 aromatic heterocycles. The second-order valence-corrected chi connectivity index (χ2v) is 6.86. The molecule has 0 aliphatic carbocycles. The molecule has 1 unspecified atom stereocenters. The van der Waals surface area contributed by atoms with Crippen LogP contribution in [0.2, 0.25) is 0 Å². The molecule has 3 aromatic rings. The van der Waals surface area contributed by atoms with Crippen molar-refractivity contribution in [2.75, 3.05) is 0 Å². The molecular formula is C18H20N2S. The fourth-order valence-corrected chi connectivity index (χ4v) is 3.45. The Hall–Kier alpha value is -1.87. The lowest BCUT2D eigenvalue weighted by molar-refractivity contribution is 0.542. The molecule has 2 nitrogen and oxygen atoms in total. The number of H-pyrrole nitrogens is 1. The first-order valence-electron chi connectivity index (χ1n) is 7.35. The van der Waals surface area contributed by atoms with Gasteiger partial charge in [-0.25, -0.2) is 4.98 Å². The third-order valence-corrected chi connectivity index (χ3v) is 5.26. The Balaban J connectivity index is 1.87. The second kappa shape index (κ2) is 5.86. The van der Waals surface area contributed by atoms with E-state index in [9.17, 15) is 0 Å². The third-order valence-electron chi connectivity index (χ3n) is 3.97. The molecular weight excluding hydrogens is 276 g/mol. The van der Waals surface area contributed by atoms with Crippen molar-refractivity contribution < 1.29 is 0 Å². The molecule has 0 radical (unpaired) electrons. The predicted octanol–water partition coefficient (Wildman–Crippen LogP) is 5.56. The summed E-state index contributed by atoms with van der Waals surface area (Å²) < 4.78 is 0. The molecule has 0 spiro atoms. The van der Waals surface area contributed by atoms with E-state index in [4.69, 9.17) is 0 Å². The first kappa shape index (κ1) is 14.1. The van der Waals surface area contributed by atoms with E-state index in [1.165, 1.54) is 15.3 Å². The van der Waals surface area contributed by atoms with Crippen LogP contribution >= 0.6 is 11.3 Å². The molecule has 0 aliphatic rings. The van der Waals surface area contributed by atoms with E-state index in [2.05, 4.69) is 55.0 Å². The lowest BCUT2D eigenvalue weighted by Crippen LogP contribution is -1.98. The van der Waals surface area contributed by atoms with Crippen molar-refractivity contribution in [1.29, 1.82) is 0 Å². The van der Waals surface area contributed by atoms with Gasteiger partial charge in [-0.2, -0.15) is 0 Å². The fraction of sp³-hybridized carbons (Fsp3) is 0.278. The molecule has 0 saturated carbocycles. The number of thiophene rings is 1. The fourth-order valence-electron chi connectivity index (χ4n) is 2.26. The summed E-state index contributed by atoms with van der Waals surface area (Å²) in [6, 6.07) is 14.7. The summed E-state index contributed by atoms with van der Waals surface area (Å²) in [7, 11) is 0. The lowest BCUT2D eigenvalue weighted by atomic mass is 9.97. The average Bonchev–Trinajstić information content (AvgIpc) is 3.16. The van der Waals surface area contributed by atoms with E-state index in [-0.39, 0.29) is 0 Å². The predicted molar refractivity (Wildman–Crippen MR) is 90.6 cm³/mol. The van der Waals surface area contributed by atoms with E-state index in [1.807, 2.05) is 35.7 Å². The molecule has 0 amide bonds. The van der Waals surface area contributed by atoms with Crippen molar-refractivity contribution in [1.82, 2.24) is 9.97 Å². The van der Waals surface area contributed by atoms with Crippen molar-refractivity contribution in [3.8, 4) is 22.0 Å². The summed E-state index contributed by atoms with van der Waals surface area (Å²) in [6.45, 7) is 6.83. The maximum Gasteiger partial charge on any atom is 0.147 e. The van der Waals surface area contributed by atoms with Gasteiger partial charge >= 0.3 is 0 Å². The van der Waals surface area contributed by atoms with Gasteiger partial charge in [0.05, 0.1) is 16.8 Å². The number of nitrogens with zero attached hydrogens (tertiary/aromatic N) is 1. The molecule has 3 rings (SSSR count). The normalized spacial score (nSPS) is 12.8. The minimum absolute atomic E-state index is 0.590. The first-order valence-corrected chi connectivity index (χ1v) is 8.17. The standard InChI is InChI=1S/C18H20N2S/c1-12(2)13(3)16-9-10-17(21-16)18-19-11-15(20-18)14-7-5-4-6-8-14/h4-13H,1-3H3,(H,19,20). The Morgan fingerprint density at radius 2 is 1.76 bits per heavy atom. The number of aromatic amines is 1. The number of hydrogen-bond acceptors (Lipinski definition) is 2. The molecule has 2 heterocycles. The highest BCUT2D eigenvalue weighted by Crippen LogP contribution is 2.34. The SMILES string of the molecule is CC(C)C(C)c1ccc(-c2ncc(-c3ccccc3)[nH]2)s1. The molecule has 0 aliphatic heterocycles. The zero-order valence-electron chi connectivity index (χ0n) is 12.6. The molecule has 1 aromatic carbocycles. The van der Waals surface area contributed by atoms with Crippen molar-refractivity contribution >= 4 is 11.3 Å². The Morgan fingerprint density at radius 3 is 2.48 bits per heavy atom. The number of imidazole rings is 1. The summed E-state index contributed by atoms with van der Waals surface area (Å²) in [4.78, 5) is 10.6. The Labute approximate surface area is 129 Å². The summed E-state index contributed by atoms with van der Waals surface area (Å²) in [5, 5.41) is 0. The van der Waals surface area contributed by atoms with Gasteiger partial charge in [-0.05, 0) is 29.5 Å². The minimum atomic E-state index is 0.590. The largest absolute Gasteiger partial charge is 0.337 e. The van der Waals surface area contributed by atoms with Gasteiger partial charge in [-0.3, -0.25) is 0 Å². The van der Waals surface area contributed by atoms with Gasteiger partial charge in [0.25, 0.3) is 0 Å². The molecule has 108 valence electrons. The maximum absolute atomic E-state index is 4.54. The van der Waals surface area contributed by atoms with Crippen LogP contribution < -0.4 is 0 Å². The third kappa shape index (κ3) is 2.93. The van der Waals surface area contributed by atoms with Gasteiger partial charge in [0.15, 0.2) is 0 Å². The maximum atomic E-state index is 4.54. The Bertz CT molecular complexity index is 710. The van der Waals surface area contributed by atoms with Crippen molar-refractivity contribution in [3.05, 3.63) is 53.5 Å². The summed E-state index contributed by atoms with van der Waals surface area (Å²) in [6.07, 6.45) is 1.91. The Morgan fingerprint density at radius 1 is 1.00 bits per heavy atom. The van der Waals surface area contributed by atoms with Crippen molar-refractivity contribution in [2.45, 2.75) is 26.7 Å². The number of benzene rings is 1. The molecule has 1 N–H and O–H groups in total. The molecule has 0 fully saturated rings. The summed E-state index contributed by atoms with van der Waals surface area (Å²) >= 11 is 1.84. The highest BCUT2D eigenvalue weighted by molar-refractivity contribution is 7.15. The molecule has 0 bridgehead atoms. The van der Waals surface area contributed by atoms with Crippen LogP contribution in [0.15, 0.2) is 48.7 Å². The van der Waals surface area contributed by atoms with Crippen LogP contribution in [0.4, 0.5) is 0 Å². The van der Waals surface area contributed by atoms with E-state index in [1.54, 1.807) is 0 Å². The first-order chi connectivity index (χ1) is 10.1. The van der Waals surface area contributed by atoms with Gasteiger partial charge in [0.2, 0.25) is 0 Å². The zero-order chi connectivity index (χ0) is 14.8. The molecule has 3 heteroatoms. The van der Waals surface area contributed by atoms with E-state index < -0.39 is 0 Å². The van der Waals surface area contributed by atoms with Crippen molar-refractivity contribution in [3.63, 3.8) is 0 Å². The van der Waals surface area contributed by atoms with Gasteiger partial charge in [-0.15, -0.1) is 11.3 Å². The smallest absolute Gasteiger partial charge is 0.147 e. The van der Waals surface area contributed by atoms with E-state index >= 15 is 0 Å². The highest BCUT2D eigenvalue weighted by atomic mass is 32.1. The van der Waals surface area contributed by atoms with Gasteiger partial charge in [0.1, 0.15) is 5.82 Å². The monoisotopic (exact) mass is 296 g/mol. The number of hydrogen-bond donors (Lipinski definition) is 1. The quantitative estimate of drug-likeness (QED) is 0.670. The number of aromatic nitrogens is 2. The van der Waals surface area contributed by atoms with Crippen LogP contribution in [0.25, 0.3) is 22.0 Å². The summed E-state index contributed by atoms with van der Waals surface area (Å²) in [5.74, 6) is 2.21. The number of nitrogens with one attached hydrogen (secondary N) is 1. The van der Waals surface area contributed by atoms with Gasteiger partial charge in [-0.1, -0.05) is 51.1 Å². The van der Waals surface area contributed by atoms with Crippen LogP contribution in [-0.2, 0) is 0 Å². The zero-order valence-corrected chi connectivity index (χ0v) is 13.4. The van der Waals surface area contributed by atoms with Crippen LogP contribution in [0.5, 0.6) is 0 Å². The Kier molecular flexibility index (Phi) is 3.93. The molecule has 21 heavy (non-hydrogen) atoms. The minimum Gasteiger partial charge on any atom is -0.337 e. The molecule has 0 saturated heterocycles. The van der Waals surface area contributed by atoms with Crippen LogP contribution in [0.3, 0.4) is 0 Å². The summed E-state index contributed by atoms with van der Waals surface area (Å²) in [5.41, 5.74) is 2.24. The van der Waals surface area contributed by atoms with E-state index in [0.717, 1.165) is 11.5 Å². The van der Waals surface area contributed by atoms with Crippen molar-refractivity contribution in [2.24, 2.45) is 5.92 Å². The molecule has 1 atom stereocenters. The second-order valence-electron chi connectivity index (χ2n) is 5.75. The van der Waals surface area contributed by atoms with Crippen LogP contribution in [0.1, 0.15) is 31.6 Å². The van der Waals surface area contributed by atoms with Gasteiger partial charge < -0.3 is 4.98 Å². The van der Waals surface area contributed by atoms with Crippen LogP contribution in [0, 0.1) is 5.92 Å².